The van der Waals surface area contributed by atoms with E-state index in [1.165, 1.54) is 109 Å². The summed E-state index contributed by atoms with van der Waals surface area (Å²) in [6, 6.07) is 0. The van der Waals surface area contributed by atoms with Crippen molar-refractivity contribution in [2.75, 3.05) is 26.4 Å². The molecule has 0 bridgehead atoms. The van der Waals surface area contributed by atoms with E-state index < -0.39 is 26.5 Å². The van der Waals surface area contributed by atoms with Crippen molar-refractivity contribution in [2.45, 2.75) is 180 Å². The van der Waals surface area contributed by atoms with Gasteiger partial charge in [-0.1, -0.05) is 149 Å². The van der Waals surface area contributed by atoms with E-state index in [2.05, 4.69) is 19.6 Å². The number of hydrogen-bond acceptors (Lipinski definition) is 7. The Balaban J connectivity index is 4.23. The number of carbonyl (C=O) groups excluding carboxylic acids is 2. The Morgan fingerprint density at radius 1 is 0.591 bits per heavy atom. The zero-order valence-corrected chi connectivity index (χ0v) is 29.4. The molecule has 9 nitrogen and oxygen atoms in total. The molecular weight excluding hydrogens is 581 g/mol. The third kappa shape index (κ3) is 31.0. The van der Waals surface area contributed by atoms with Crippen LogP contribution in [0.25, 0.3) is 0 Å². The average Bonchev–Trinajstić information content (AvgIpc) is 3.00. The molecule has 0 radical (unpaired) electrons. The van der Waals surface area contributed by atoms with Crippen LogP contribution in [0.2, 0.25) is 0 Å². The summed E-state index contributed by atoms with van der Waals surface area (Å²) in [7, 11) is -4.32. The molecule has 0 aliphatic carbocycles. The van der Waals surface area contributed by atoms with Crippen molar-refractivity contribution >= 4 is 19.8 Å². The average molecular weight is 651 g/mol. The van der Waals surface area contributed by atoms with Gasteiger partial charge in [-0.05, 0) is 12.8 Å². The normalized spacial score (nSPS) is 13.5. The number of carbonyl (C=O) groups is 2. The summed E-state index contributed by atoms with van der Waals surface area (Å²) in [5.41, 5.74) is 3.57. The summed E-state index contributed by atoms with van der Waals surface area (Å²) in [4.78, 5) is 34.6. The second-order valence-corrected chi connectivity index (χ2v) is 13.6. The SMILES string of the molecule is CCCCCCCCCCCCCCC(=O)OC[C@H](COP(=O)(O)OCC[NH3+])OC(=O)CCCCCCCCCCCCC. The molecule has 0 heterocycles. The van der Waals surface area contributed by atoms with Gasteiger partial charge in [0.05, 0.1) is 13.2 Å². The number of phosphoric ester groups is 1. The molecule has 0 aliphatic heterocycles. The van der Waals surface area contributed by atoms with Crippen molar-refractivity contribution in [1.29, 1.82) is 0 Å². The molecule has 0 fully saturated rings. The zero-order chi connectivity index (χ0) is 32.6. The second kappa shape index (κ2) is 32.0. The van der Waals surface area contributed by atoms with Crippen LogP contribution >= 0.6 is 7.82 Å². The molecule has 0 aromatic carbocycles. The van der Waals surface area contributed by atoms with Crippen LogP contribution in [0.3, 0.4) is 0 Å². The number of hydrogen-bond donors (Lipinski definition) is 2. The van der Waals surface area contributed by atoms with E-state index >= 15 is 0 Å². The second-order valence-electron chi connectivity index (χ2n) is 12.2. The number of esters is 2. The lowest BCUT2D eigenvalue weighted by Crippen LogP contribution is -2.52. The zero-order valence-electron chi connectivity index (χ0n) is 28.5. The van der Waals surface area contributed by atoms with E-state index in [-0.39, 0.29) is 25.6 Å². The van der Waals surface area contributed by atoms with Crippen LogP contribution in [0.4, 0.5) is 0 Å². The highest BCUT2D eigenvalue weighted by molar-refractivity contribution is 7.47. The highest BCUT2D eigenvalue weighted by Crippen LogP contribution is 2.43. The van der Waals surface area contributed by atoms with Gasteiger partial charge in [0, 0.05) is 12.8 Å². The first-order valence-corrected chi connectivity index (χ1v) is 19.6. The molecule has 0 spiro atoms. The van der Waals surface area contributed by atoms with Crippen LogP contribution in [0.5, 0.6) is 0 Å². The van der Waals surface area contributed by atoms with Gasteiger partial charge in [-0.25, -0.2) is 4.57 Å². The van der Waals surface area contributed by atoms with Gasteiger partial charge in [-0.2, -0.15) is 0 Å². The molecule has 0 saturated heterocycles. The lowest BCUT2D eigenvalue weighted by molar-refractivity contribution is -0.371. The summed E-state index contributed by atoms with van der Waals surface area (Å²) < 4.78 is 32.7. The molecule has 1 unspecified atom stereocenters. The maximum Gasteiger partial charge on any atom is 0.472 e. The first-order chi connectivity index (χ1) is 21.3. The summed E-state index contributed by atoms with van der Waals surface area (Å²) in [5, 5.41) is 0. The number of rotatable bonds is 34. The van der Waals surface area contributed by atoms with Crippen molar-refractivity contribution in [2.24, 2.45) is 0 Å². The number of quaternary nitrogens is 1. The molecular formula is C34H69NO8P+. The maximum absolute atomic E-state index is 12.5. The lowest BCUT2D eigenvalue weighted by atomic mass is 10.0. The summed E-state index contributed by atoms with van der Waals surface area (Å²) in [5.74, 6) is -0.804. The van der Waals surface area contributed by atoms with Gasteiger partial charge < -0.3 is 20.1 Å². The summed E-state index contributed by atoms with van der Waals surface area (Å²) in [6.45, 7) is 4.12. The monoisotopic (exact) mass is 650 g/mol. The fourth-order valence-electron chi connectivity index (χ4n) is 5.06. The highest BCUT2D eigenvalue weighted by atomic mass is 31.2. The smallest absolute Gasteiger partial charge is 0.462 e. The Hall–Kier alpha value is -0.990. The first-order valence-electron chi connectivity index (χ1n) is 18.1. The van der Waals surface area contributed by atoms with Gasteiger partial charge in [0.2, 0.25) is 0 Å². The van der Waals surface area contributed by atoms with Crippen LogP contribution in [-0.4, -0.2) is 49.3 Å². The predicted octanol–water partition coefficient (Wildman–Crippen LogP) is 8.61. The van der Waals surface area contributed by atoms with Gasteiger partial charge in [-0.15, -0.1) is 0 Å². The predicted molar refractivity (Wildman–Crippen MR) is 177 cm³/mol. The fourth-order valence-corrected chi connectivity index (χ4v) is 5.85. The largest absolute Gasteiger partial charge is 0.472 e. The molecule has 0 aromatic heterocycles. The third-order valence-corrected chi connectivity index (χ3v) is 8.75. The highest BCUT2D eigenvalue weighted by Gasteiger charge is 2.26. The molecule has 4 N–H and O–H groups in total. The Kier molecular flexibility index (Phi) is 31.3. The van der Waals surface area contributed by atoms with Gasteiger partial charge >= 0.3 is 19.8 Å². The molecule has 0 rings (SSSR count). The summed E-state index contributed by atoms with van der Waals surface area (Å²) >= 11 is 0. The van der Waals surface area contributed by atoms with Gasteiger partial charge in [0.15, 0.2) is 6.10 Å². The van der Waals surface area contributed by atoms with E-state index in [1.54, 1.807) is 0 Å². The molecule has 0 aliphatic rings. The van der Waals surface area contributed by atoms with Crippen LogP contribution in [0, 0.1) is 0 Å². The molecule has 10 heteroatoms. The topological polar surface area (TPSA) is 136 Å². The Bertz CT molecular complexity index is 709. The minimum atomic E-state index is -4.32. The van der Waals surface area contributed by atoms with Crippen molar-refractivity contribution < 1.29 is 43.3 Å². The van der Waals surface area contributed by atoms with Gasteiger partial charge in [-0.3, -0.25) is 18.6 Å². The number of ether oxygens (including phenoxy) is 2. The van der Waals surface area contributed by atoms with Crippen LogP contribution < -0.4 is 5.73 Å². The number of unbranched alkanes of at least 4 members (excludes halogenated alkanes) is 21. The van der Waals surface area contributed by atoms with E-state index in [0.717, 1.165) is 32.1 Å². The molecule has 0 saturated carbocycles. The van der Waals surface area contributed by atoms with E-state index in [0.29, 0.717) is 19.4 Å². The minimum Gasteiger partial charge on any atom is -0.462 e. The lowest BCUT2D eigenvalue weighted by Gasteiger charge is -2.19. The van der Waals surface area contributed by atoms with Crippen LogP contribution in [0.15, 0.2) is 0 Å². The summed E-state index contributed by atoms with van der Waals surface area (Å²) in [6.07, 6.45) is 27.1. The van der Waals surface area contributed by atoms with Crippen LogP contribution in [-0.2, 0) is 32.7 Å². The fraction of sp³-hybridized carbons (Fsp3) is 0.941. The van der Waals surface area contributed by atoms with Crippen molar-refractivity contribution in [3.8, 4) is 0 Å². The Morgan fingerprint density at radius 2 is 0.977 bits per heavy atom. The maximum atomic E-state index is 12.5. The van der Waals surface area contributed by atoms with Crippen LogP contribution in [0.1, 0.15) is 174 Å². The van der Waals surface area contributed by atoms with E-state index in [1.807, 2.05) is 0 Å². The standard InChI is InChI=1S/C34H68NO8P/c1-3-5-7-9-11-13-15-17-18-20-22-24-26-33(36)40-30-32(31-42-44(38,39)41-29-28-35)43-34(37)27-25-23-21-19-16-14-12-10-8-6-4-2/h32H,3-31,35H2,1-2H3,(H,38,39)/p+1/t32-/m1/s1. The molecule has 0 amide bonds. The first kappa shape index (κ1) is 43.0. The molecule has 262 valence electrons. The molecule has 0 aromatic rings. The van der Waals surface area contributed by atoms with Crippen molar-refractivity contribution in [3.05, 3.63) is 0 Å². The third-order valence-electron chi connectivity index (χ3n) is 7.77. The van der Waals surface area contributed by atoms with Crippen molar-refractivity contribution in [3.63, 3.8) is 0 Å². The van der Waals surface area contributed by atoms with E-state index in [9.17, 15) is 19.0 Å². The van der Waals surface area contributed by atoms with Crippen molar-refractivity contribution in [1.82, 2.24) is 0 Å². The van der Waals surface area contributed by atoms with Gasteiger partial charge in [0.25, 0.3) is 0 Å². The quantitative estimate of drug-likeness (QED) is 0.0401. The van der Waals surface area contributed by atoms with Gasteiger partial charge in [0.1, 0.15) is 13.2 Å². The van der Waals surface area contributed by atoms with E-state index in [4.69, 9.17) is 18.5 Å². The minimum absolute atomic E-state index is 0.0366. The Labute approximate surface area is 269 Å². The molecule has 2 atom stereocenters. The Morgan fingerprint density at radius 3 is 1.39 bits per heavy atom. The number of phosphoric acid groups is 1. The molecule has 44 heavy (non-hydrogen) atoms.